The van der Waals surface area contributed by atoms with Gasteiger partial charge in [-0.1, -0.05) is 38.6 Å². The molecule has 7 N–H and O–H groups in total. The van der Waals surface area contributed by atoms with Crippen LogP contribution in [0, 0.1) is 0 Å². The van der Waals surface area contributed by atoms with Crippen LogP contribution in [-0.2, 0) is 82.8 Å². The Morgan fingerprint density at radius 2 is 1.19 bits per heavy atom. The molecule has 0 radical (unpaired) electrons. The van der Waals surface area contributed by atoms with Crippen molar-refractivity contribution in [3.05, 3.63) is 137 Å². The number of carbonyl (C=O) groups excluding carboxylic acids is 1. The van der Waals surface area contributed by atoms with Gasteiger partial charge < -0.3 is 15.0 Å². The van der Waals surface area contributed by atoms with Crippen molar-refractivity contribution in [1.29, 1.82) is 0 Å². The zero-order valence-corrected chi connectivity index (χ0v) is 48.2. The summed E-state index contributed by atoms with van der Waals surface area (Å²) < 4.78 is 218. The third-order valence-electron chi connectivity index (χ3n) is 13.6. The van der Waals surface area contributed by atoms with Gasteiger partial charge in [0.25, 0.3) is 60.7 Å². The van der Waals surface area contributed by atoms with E-state index in [0.717, 1.165) is 17.7 Å². The molecular formula is C51H56N3O20S6+. The number of hydrogen-bond acceptors (Lipinski definition) is 15. The van der Waals surface area contributed by atoms with Gasteiger partial charge in [-0.25, -0.2) is 0 Å². The number of nitrogens with zero attached hydrogens (tertiary/aromatic N) is 2. The van der Waals surface area contributed by atoms with Crippen molar-refractivity contribution in [2.75, 3.05) is 36.0 Å². The topological polar surface area (TPSA) is 371 Å². The van der Waals surface area contributed by atoms with E-state index in [9.17, 15) is 82.6 Å². The first kappa shape index (κ1) is 61.4. The lowest BCUT2D eigenvalue weighted by atomic mass is 9.79. The monoisotopic (exact) mass is 1220 g/mol. The van der Waals surface area contributed by atoms with Gasteiger partial charge in [0.15, 0.2) is 5.71 Å². The Balaban J connectivity index is 1.46. The fraction of sp³-hybridized carbons (Fsp3) is 0.294. The molecule has 0 saturated heterocycles. The lowest BCUT2D eigenvalue weighted by molar-refractivity contribution is -0.437. The second-order valence-corrected chi connectivity index (χ2v) is 28.8. The average molecular weight is 1220 g/mol. The number of rotatable bonds is 21. The second-order valence-electron chi connectivity index (χ2n) is 20.1. The number of fused-ring (bicyclic) bond motifs is 6. The van der Waals surface area contributed by atoms with E-state index in [1.54, 1.807) is 80.5 Å². The van der Waals surface area contributed by atoms with E-state index in [4.69, 9.17) is 4.74 Å². The summed E-state index contributed by atoms with van der Waals surface area (Å²) >= 11 is 0. The van der Waals surface area contributed by atoms with Crippen molar-refractivity contribution < 1.29 is 91.9 Å². The van der Waals surface area contributed by atoms with Crippen LogP contribution >= 0.6 is 0 Å². The maximum Gasteiger partial charge on any atom is 0.295 e. The van der Waals surface area contributed by atoms with E-state index in [1.807, 2.05) is 0 Å². The quantitative estimate of drug-likeness (QED) is 0.0138. The molecule has 29 heteroatoms. The minimum absolute atomic E-state index is 0.0356. The molecule has 5 aromatic carbocycles. The number of allylic oxidation sites excluding steroid dienone is 5. The Morgan fingerprint density at radius 1 is 0.662 bits per heavy atom. The van der Waals surface area contributed by atoms with Gasteiger partial charge in [0.05, 0.1) is 26.7 Å². The van der Waals surface area contributed by atoms with Gasteiger partial charge in [0.1, 0.15) is 27.8 Å². The number of benzene rings is 5. The SMILES string of the molecule is C=C(C)C(=O)NCCc1ccc(OC(C=CC2=[N+](CCCS(=O)(=O)O)c3ccc4c(S(=O)(=O)O)cc(S(=O)(=O)O)cc4c3C2(C)C)=CC=C2N(CCCS(=O)(=O)O)c3ccc4c(S(=O)(=O)O)cc(S(=O)(=O)O)cc4c3C2(C)C)cc1. The average Bonchev–Trinajstić information content (AvgIpc) is 3.67. The molecule has 0 bridgehead atoms. The van der Waals surface area contributed by atoms with Crippen LogP contribution in [0.15, 0.2) is 140 Å². The minimum Gasteiger partial charge on any atom is -0.457 e. The van der Waals surface area contributed by atoms with Crippen LogP contribution in [0.2, 0.25) is 0 Å². The molecule has 0 spiro atoms. The van der Waals surface area contributed by atoms with E-state index in [2.05, 4.69) is 11.9 Å². The molecular weight excluding hydrogens is 1170 g/mol. The Bertz CT molecular complexity index is 4280. The highest BCUT2D eigenvalue weighted by Crippen LogP contribution is 2.52. The van der Waals surface area contributed by atoms with Gasteiger partial charge >= 0.3 is 0 Å². The first-order chi connectivity index (χ1) is 36.7. The molecule has 2 aliphatic rings. The summed E-state index contributed by atoms with van der Waals surface area (Å²) in [6.07, 6.45) is 6.17. The van der Waals surface area contributed by atoms with Crippen LogP contribution in [0.1, 0.15) is 64.2 Å². The highest BCUT2D eigenvalue weighted by molar-refractivity contribution is 7.87. The van der Waals surface area contributed by atoms with Crippen LogP contribution in [0.25, 0.3) is 21.5 Å². The molecule has 0 unspecified atom stereocenters. The fourth-order valence-electron chi connectivity index (χ4n) is 10.1. The van der Waals surface area contributed by atoms with Crippen molar-refractivity contribution in [1.82, 2.24) is 5.32 Å². The molecule has 5 aromatic rings. The first-order valence-corrected chi connectivity index (χ1v) is 32.9. The van der Waals surface area contributed by atoms with Crippen molar-refractivity contribution in [3.63, 3.8) is 0 Å². The number of ether oxygens (including phenoxy) is 1. The highest BCUT2D eigenvalue weighted by atomic mass is 32.2. The lowest BCUT2D eigenvalue weighted by Crippen LogP contribution is -2.28. The van der Waals surface area contributed by atoms with Gasteiger partial charge in [-0.2, -0.15) is 55.1 Å². The molecule has 0 fully saturated rings. The zero-order valence-electron chi connectivity index (χ0n) is 43.3. The summed E-state index contributed by atoms with van der Waals surface area (Å²) in [7, 11) is -29.5. The zero-order chi connectivity index (χ0) is 59.5. The third kappa shape index (κ3) is 13.4. The standard InChI is InChI=1S/C51H55N3O20S6/c1-31(2)49(55)52-22-21-32-9-11-33(12-10-32)74-34(13-19-45-50(3,4)47-39-27-35(77(62,63)64)29-43(79(68,69)70)37(39)15-17-41(47)53(45)23-7-25-75(56,57)58)14-20-46-51(5,6)48-40-28-36(78(65,66)67)30-44(80(71,72)73)38(40)16-18-42(48)54(46)24-8-26-76(59,60)61/h9-20,27-30H,1,7-8,21-26H2,2-6H3,(H6-,52,55,56,57,58,59,60,61,62,63,64,65,66,67,68,69,70,71,72,73)/p+1. The van der Waals surface area contributed by atoms with Crippen molar-refractivity contribution in [3.8, 4) is 5.75 Å². The molecule has 430 valence electrons. The largest absolute Gasteiger partial charge is 0.457 e. The van der Waals surface area contributed by atoms with Crippen LogP contribution in [0.5, 0.6) is 5.75 Å². The number of nitrogens with one attached hydrogen (secondary N) is 1. The maximum absolute atomic E-state index is 12.8. The van der Waals surface area contributed by atoms with Crippen LogP contribution in [0.3, 0.4) is 0 Å². The molecule has 0 saturated carbocycles. The van der Waals surface area contributed by atoms with Gasteiger partial charge in [-0.3, -0.25) is 32.1 Å². The second kappa shape index (κ2) is 21.9. The highest BCUT2D eigenvalue weighted by Gasteiger charge is 2.47. The normalized spacial score (nSPS) is 16.5. The maximum atomic E-state index is 12.8. The molecule has 80 heavy (non-hydrogen) atoms. The van der Waals surface area contributed by atoms with Gasteiger partial charge in [-0.15, -0.1) is 0 Å². The van der Waals surface area contributed by atoms with Gasteiger partial charge in [0.2, 0.25) is 11.6 Å². The smallest absolute Gasteiger partial charge is 0.295 e. The summed E-state index contributed by atoms with van der Waals surface area (Å²) in [6.45, 7) is 11.9. The molecule has 23 nitrogen and oxygen atoms in total. The van der Waals surface area contributed by atoms with Crippen molar-refractivity contribution in [2.45, 2.75) is 84.3 Å². The van der Waals surface area contributed by atoms with Crippen molar-refractivity contribution in [2.24, 2.45) is 0 Å². The predicted octanol–water partition coefficient (Wildman–Crippen LogP) is 6.35. The third-order valence-corrected chi connectivity index (χ3v) is 18.6. The predicted molar refractivity (Wildman–Crippen MR) is 296 cm³/mol. The Hall–Kier alpha value is -6.22. The summed E-state index contributed by atoms with van der Waals surface area (Å²) in [5, 5.41) is 2.41. The lowest BCUT2D eigenvalue weighted by Gasteiger charge is -2.27. The fourth-order valence-corrected chi connectivity index (χ4v) is 13.7. The Labute approximate surface area is 463 Å². The van der Waals surface area contributed by atoms with E-state index in [0.29, 0.717) is 46.9 Å². The number of carbonyl (C=O) groups is 1. The molecule has 1 amide bonds. The first-order valence-electron chi connectivity index (χ1n) is 24.0. The summed E-state index contributed by atoms with van der Waals surface area (Å²) in [4.78, 5) is 10.3. The molecule has 0 atom stereocenters. The molecule has 2 aliphatic heterocycles. The van der Waals surface area contributed by atoms with Crippen molar-refractivity contribution >= 4 is 105 Å². The van der Waals surface area contributed by atoms with E-state index in [1.165, 1.54) is 36.4 Å². The number of hydrogen-bond donors (Lipinski definition) is 7. The summed E-state index contributed by atoms with van der Waals surface area (Å²) in [5.74, 6) is -1.44. The summed E-state index contributed by atoms with van der Waals surface area (Å²) in [5.41, 5.74) is 0.402. The minimum atomic E-state index is -5.14. The molecule has 0 aromatic heterocycles. The van der Waals surface area contributed by atoms with E-state index < -0.39 is 103 Å². The Morgan fingerprint density at radius 3 is 1.70 bits per heavy atom. The van der Waals surface area contributed by atoms with Gasteiger partial charge in [-0.05, 0) is 122 Å². The molecule has 2 heterocycles. The number of anilines is 1. The van der Waals surface area contributed by atoms with Gasteiger partial charge in [0, 0.05) is 70.4 Å². The number of amides is 1. The van der Waals surface area contributed by atoms with E-state index in [-0.39, 0.29) is 82.6 Å². The summed E-state index contributed by atoms with van der Waals surface area (Å²) in [6, 6.07) is 15.5. The van der Waals surface area contributed by atoms with Crippen LogP contribution < -0.4 is 15.0 Å². The van der Waals surface area contributed by atoms with E-state index >= 15 is 0 Å². The Kier molecular flexibility index (Phi) is 16.8. The molecule has 7 rings (SSSR count). The van der Waals surface area contributed by atoms with Crippen LogP contribution in [0.4, 0.5) is 11.4 Å². The molecule has 0 aliphatic carbocycles. The van der Waals surface area contributed by atoms with Crippen LogP contribution in [-0.4, -0.2) is 125 Å².